The Bertz CT molecular complexity index is 573. The van der Waals surface area contributed by atoms with E-state index < -0.39 is 0 Å². The topological polar surface area (TPSA) is 16.8 Å². The van der Waals surface area contributed by atoms with Gasteiger partial charge in [0, 0.05) is 17.5 Å². The Kier molecular flexibility index (Phi) is 2.43. The summed E-state index contributed by atoms with van der Waals surface area (Å²) >= 11 is 0. The standard InChI is InChI=1S/C15H17N2/c1-11-6-3-4-7-12(11)15-13-8-5-9-14(13)16-10-17(15)2/h3-4,6-7,10H,5,8-9H2,1-2H3/q+1. The molecule has 0 saturated heterocycles. The van der Waals surface area contributed by atoms with E-state index in [9.17, 15) is 0 Å². The van der Waals surface area contributed by atoms with E-state index >= 15 is 0 Å². The van der Waals surface area contributed by atoms with Gasteiger partial charge in [-0.15, -0.1) is 0 Å². The zero-order chi connectivity index (χ0) is 11.8. The highest BCUT2D eigenvalue weighted by Crippen LogP contribution is 2.29. The minimum absolute atomic E-state index is 1.13. The lowest BCUT2D eigenvalue weighted by Gasteiger charge is -2.09. The van der Waals surface area contributed by atoms with Crippen LogP contribution in [0, 0.1) is 6.92 Å². The number of aryl methyl sites for hydroxylation is 3. The van der Waals surface area contributed by atoms with Crippen LogP contribution in [-0.2, 0) is 19.9 Å². The van der Waals surface area contributed by atoms with Crippen molar-refractivity contribution in [3.05, 3.63) is 47.4 Å². The second-order valence-corrected chi connectivity index (χ2v) is 4.80. The Morgan fingerprint density at radius 1 is 1.18 bits per heavy atom. The normalized spacial score (nSPS) is 13.8. The minimum atomic E-state index is 1.13. The van der Waals surface area contributed by atoms with Gasteiger partial charge >= 0.3 is 0 Å². The molecule has 1 aromatic carbocycles. The highest BCUT2D eigenvalue weighted by molar-refractivity contribution is 5.65. The molecule has 1 aliphatic rings. The first-order valence-electron chi connectivity index (χ1n) is 6.20. The number of aromatic nitrogens is 2. The van der Waals surface area contributed by atoms with E-state index in [0.717, 1.165) is 6.42 Å². The molecular formula is C15H17N2+. The van der Waals surface area contributed by atoms with Gasteiger partial charge in [0.25, 0.3) is 6.33 Å². The summed E-state index contributed by atoms with van der Waals surface area (Å²) in [5.41, 5.74) is 6.77. The molecule has 3 rings (SSSR count). The van der Waals surface area contributed by atoms with E-state index in [0.29, 0.717) is 0 Å². The van der Waals surface area contributed by atoms with Crippen molar-refractivity contribution in [2.75, 3.05) is 0 Å². The number of nitrogens with zero attached hydrogens (tertiary/aromatic N) is 2. The van der Waals surface area contributed by atoms with Crippen molar-refractivity contribution in [3.8, 4) is 11.3 Å². The molecule has 17 heavy (non-hydrogen) atoms. The summed E-state index contributed by atoms with van der Waals surface area (Å²) in [5.74, 6) is 0. The van der Waals surface area contributed by atoms with Gasteiger partial charge in [-0.05, 0) is 25.3 Å². The number of rotatable bonds is 1. The van der Waals surface area contributed by atoms with Gasteiger partial charge in [-0.3, -0.25) is 0 Å². The lowest BCUT2D eigenvalue weighted by molar-refractivity contribution is -0.663. The lowest BCUT2D eigenvalue weighted by atomic mass is 10.0. The van der Waals surface area contributed by atoms with E-state index in [4.69, 9.17) is 0 Å². The van der Waals surface area contributed by atoms with Crippen molar-refractivity contribution in [1.82, 2.24) is 4.98 Å². The molecule has 2 aromatic rings. The Morgan fingerprint density at radius 3 is 2.82 bits per heavy atom. The van der Waals surface area contributed by atoms with Gasteiger partial charge in [0.05, 0.1) is 7.05 Å². The summed E-state index contributed by atoms with van der Waals surface area (Å²) in [6, 6.07) is 8.60. The van der Waals surface area contributed by atoms with E-state index in [1.54, 1.807) is 0 Å². The third kappa shape index (κ3) is 1.64. The largest absolute Gasteiger partial charge is 0.286 e. The molecule has 0 unspecified atom stereocenters. The predicted octanol–water partition coefficient (Wildman–Crippen LogP) is 2.37. The van der Waals surface area contributed by atoms with Crippen molar-refractivity contribution in [3.63, 3.8) is 0 Å². The smallest absolute Gasteiger partial charge is 0.232 e. The fraction of sp³-hybridized carbons (Fsp3) is 0.333. The molecule has 1 aromatic heterocycles. The van der Waals surface area contributed by atoms with Crippen molar-refractivity contribution < 1.29 is 4.57 Å². The minimum Gasteiger partial charge on any atom is -0.232 e. The fourth-order valence-electron chi connectivity index (χ4n) is 2.74. The van der Waals surface area contributed by atoms with Crippen molar-refractivity contribution in [1.29, 1.82) is 0 Å². The van der Waals surface area contributed by atoms with Crippen LogP contribution in [-0.4, -0.2) is 4.98 Å². The van der Waals surface area contributed by atoms with Crippen LogP contribution in [0.15, 0.2) is 30.6 Å². The molecule has 86 valence electrons. The summed E-state index contributed by atoms with van der Waals surface area (Å²) in [7, 11) is 2.09. The van der Waals surface area contributed by atoms with Crippen LogP contribution in [0.3, 0.4) is 0 Å². The van der Waals surface area contributed by atoms with E-state index in [1.165, 1.54) is 40.9 Å². The van der Waals surface area contributed by atoms with Gasteiger partial charge in [0.2, 0.25) is 0 Å². The van der Waals surface area contributed by atoms with Gasteiger partial charge < -0.3 is 0 Å². The molecule has 0 amide bonds. The molecule has 2 nitrogen and oxygen atoms in total. The molecule has 1 heterocycles. The molecule has 0 aliphatic heterocycles. The van der Waals surface area contributed by atoms with Crippen molar-refractivity contribution >= 4 is 0 Å². The second kappa shape index (κ2) is 3.95. The van der Waals surface area contributed by atoms with Crippen LogP contribution in [0.2, 0.25) is 0 Å². The Hall–Kier alpha value is -1.70. The highest BCUT2D eigenvalue weighted by Gasteiger charge is 2.25. The summed E-state index contributed by atoms with van der Waals surface area (Å²) in [5, 5.41) is 0. The van der Waals surface area contributed by atoms with E-state index in [-0.39, 0.29) is 0 Å². The summed E-state index contributed by atoms with van der Waals surface area (Å²) < 4.78 is 2.16. The SMILES string of the molecule is Cc1ccccc1-c1c2c(nc[n+]1C)CCC2. The highest BCUT2D eigenvalue weighted by atomic mass is 15.0. The first kappa shape index (κ1) is 10.5. The number of benzene rings is 1. The second-order valence-electron chi connectivity index (χ2n) is 4.80. The van der Waals surface area contributed by atoms with Crippen LogP contribution >= 0.6 is 0 Å². The van der Waals surface area contributed by atoms with Gasteiger partial charge in [0.15, 0.2) is 5.69 Å². The lowest BCUT2D eigenvalue weighted by Crippen LogP contribution is -2.33. The van der Waals surface area contributed by atoms with Crippen molar-refractivity contribution in [2.24, 2.45) is 7.05 Å². The molecule has 0 spiro atoms. The van der Waals surface area contributed by atoms with Crippen LogP contribution < -0.4 is 4.57 Å². The third-order valence-corrected chi connectivity index (χ3v) is 3.61. The van der Waals surface area contributed by atoms with E-state index in [1.807, 2.05) is 6.33 Å². The number of hydrogen-bond acceptors (Lipinski definition) is 1. The number of fused-ring (bicyclic) bond motifs is 1. The van der Waals surface area contributed by atoms with Crippen molar-refractivity contribution in [2.45, 2.75) is 26.2 Å². The quantitative estimate of drug-likeness (QED) is 0.681. The van der Waals surface area contributed by atoms with Crippen LogP contribution in [0.25, 0.3) is 11.3 Å². The van der Waals surface area contributed by atoms with Gasteiger partial charge in [-0.25, -0.2) is 4.57 Å². The summed E-state index contributed by atoms with van der Waals surface area (Å²) in [6.45, 7) is 2.18. The molecule has 0 fully saturated rings. The zero-order valence-corrected chi connectivity index (χ0v) is 10.4. The Balaban J connectivity index is 2.28. The average Bonchev–Trinajstić information content (AvgIpc) is 2.79. The maximum atomic E-state index is 4.54. The Labute approximate surface area is 102 Å². The van der Waals surface area contributed by atoms with Crippen LogP contribution in [0.5, 0.6) is 0 Å². The number of hydrogen-bond donors (Lipinski definition) is 0. The average molecular weight is 225 g/mol. The molecular weight excluding hydrogens is 208 g/mol. The summed E-state index contributed by atoms with van der Waals surface area (Å²) in [4.78, 5) is 4.54. The predicted molar refractivity (Wildman–Crippen MR) is 67.6 cm³/mol. The molecule has 2 heteroatoms. The van der Waals surface area contributed by atoms with Crippen LogP contribution in [0.1, 0.15) is 23.2 Å². The van der Waals surface area contributed by atoms with Crippen LogP contribution in [0.4, 0.5) is 0 Å². The molecule has 1 aliphatic carbocycles. The van der Waals surface area contributed by atoms with Gasteiger partial charge in [-0.2, -0.15) is 0 Å². The molecule has 0 atom stereocenters. The van der Waals surface area contributed by atoms with Gasteiger partial charge in [-0.1, -0.05) is 29.2 Å². The maximum absolute atomic E-state index is 4.54. The third-order valence-electron chi connectivity index (χ3n) is 3.61. The fourth-order valence-corrected chi connectivity index (χ4v) is 2.74. The summed E-state index contributed by atoms with van der Waals surface area (Å²) in [6.07, 6.45) is 5.49. The molecule has 0 radical (unpaired) electrons. The molecule has 0 bridgehead atoms. The monoisotopic (exact) mass is 225 g/mol. The van der Waals surface area contributed by atoms with E-state index in [2.05, 4.69) is 47.8 Å². The first-order valence-corrected chi connectivity index (χ1v) is 6.20. The van der Waals surface area contributed by atoms with Gasteiger partial charge in [0.1, 0.15) is 5.69 Å². The first-order chi connectivity index (χ1) is 8.27. The Morgan fingerprint density at radius 2 is 2.00 bits per heavy atom. The zero-order valence-electron chi connectivity index (χ0n) is 10.4. The molecule has 0 N–H and O–H groups in total. The maximum Gasteiger partial charge on any atom is 0.286 e. The molecule has 0 saturated carbocycles.